The number of amides is 1. The highest BCUT2D eigenvalue weighted by atomic mass is 35.5. The summed E-state index contributed by atoms with van der Waals surface area (Å²) >= 11 is 5.90. The lowest BCUT2D eigenvalue weighted by molar-refractivity contribution is -0.385. The van der Waals surface area contributed by atoms with Gasteiger partial charge >= 0.3 is 0 Å². The van der Waals surface area contributed by atoms with Crippen LogP contribution in [0.15, 0.2) is 30.5 Å². The van der Waals surface area contributed by atoms with Gasteiger partial charge in [-0.15, -0.1) is 0 Å². The van der Waals surface area contributed by atoms with Crippen molar-refractivity contribution in [2.24, 2.45) is 5.73 Å². The van der Waals surface area contributed by atoms with Gasteiger partial charge in [0.15, 0.2) is 11.6 Å². The Balaban J connectivity index is 2.26. The zero-order valence-corrected chi connectivity index (χ0v) is 12.4. The highest BCUT2D eigenvalue weighted by Crippen LogP contribution is 2.34. The second-order valence-electron chi connectivity index (χ2n) is 4.53. The number of aryl methyl sites for hydroxylation is 1. The molecule has 1 aromatic carbocycles. The molecule has 7 nitrogen and oxygen atoms in total. The summed E-state index contributed by atoms with van der Waals surface area (Å²) in [7, 11) is 0. The number of carbonyl (C=O) groups excluding carboxylic acids is 1. The van der Waals surface area contributed by atoms with Crippen LogP contribution in [0.5, 0.6) is 11.6 Å². The molecule has 0 saturated carbocycles. The number of hydrogen-bond donors (Lipinski definition) is 1. The average Bonchev–Trinajstić information content (AvgIpc) is 2.51. The summed E-state index contributed by atoms with van der Waals surface area (Å²) in [6, 6.07) is 5.24. The summed E-state index contributed by atoms with van der Waals surface area (Å²) in [5.74, 6) is -1.61. The molecule has 23 heavy (non-hydrogen) atoms. The molecule has 0 spiro atoms. The maximum atomic E-state index is 14.4. The smallest absolute Gasteiger partial charge is 0.287 e. The van der Waals surface area contributed by atoms with Crippen molar-refractivity contribution < 1.29 is 18.8 Å². The van der Waals surface area contributed by atoms with E-state index in [0.717, 1.165) is 6.20 Å². The van der Waals surface area contributed by atoms with Gasteiger partial charge in [0, 0.05) is 18.6 Å². The maximum Gasteiger partial charge on any atom is 0.287 e. The van der Waals surface area contributed by atoms with Gasteiger partial charge in [-0.2, -0.15) is 0 Å². The van der Waals surface area contributed by atoms with E-state index < -0.39 is 16.6 Å². The molecule has 2 N–H and O–H groups in total. The van der Waals surface area contributed by atoms with Crippen molar-refractivity contribution in [2.75, 3.05) is 0 Å². The molecule has 0 atom stereocenters. The van der Waals surface area contributed by atoms with Crippen LogP contribution in [0, 0.1) is 15.9 Å². The molecule has 9 heteroatoms. The number of nitrogens with two attached hydrogens (primary N) is 1. The number of rotatable bonds is 6. The Morgan fingerprint density at radius 2 is 2.13 bits per heavy atom. The number of ether oxygens (including phenoxy) is 1. The quantitative estimate of drug-likeness (QED) is 0.642. The molecule has 0 unspecified atom stereocenters. The minimum atomic E-state index is -0.737. The highest BCUT2D eigenvalue weighted by Gasteiger charge is 2.16. The summed E-state index contributed by atoms with van der Waals surface area (Å²) in [4.78, 5) is 24.4. The van der Waals surface area contributed by atoms with Crippen molar-refractivity contribution in [3.8, 4) is 11.6 Å². The lowest BCUT2D eigenvalue weighted by atomic mass is 10.1. The molecule has 1 amide bonds. The predicted molar refractivity (Wildman–Crippen MR) is 79.9 cm³/mol. The largest absolute Gasteiger partial charge is 0.434 e. The van der Waals surface area contributed by atoms with Crippen LogP contribution in [0.4, 0.5) is 10.1 Å². The van der Waals surface area contributed by atoms with Gasteiger partial charge in [-0.1, -0.05) is 17.7 Å². The predicted octanol–water partition coefficient (Wildman–Crippen LogP) is 2.99. The van der Waals surface area contributed by atoms with Crippen molar-refractivity contribution in [1.82, 2.24) is 4.98 Å². The van der Waals surface area contributed by atoms with E-state index in [2.05, 4.69) is 4.98 Å². The van der Waals surface area contributed by atoms with Gasteiger partial charge in [-0.05, 0) is 18.1 Å². The first-order chi connectivity index (χ1) is 10.9. The van der Waals surface area contributed by atoms with Crippen molar-refractivity contribution in [2.45, 2.75) is 12.8 Å². The Hall–Kier alpha value is -2.74. The van der Waals surface area contributed by atoms with Gasteiger partial charge in [0.2, 0.25) is 11.8 Å². The summed E-state index contributed by atoms with van der Waals surface area (Å²) < 4.78 is 19.6. The third-order valence-corrected chi connectivity index (χ3v) is 3.21. The van der Waals surface area contributed by atoms with E-state index in [1.165, 1.54) is 24.3 Å². The fourth-order valence-corrected chi connectivity index (χ4v) is 1.95. The van der Waals surface area contributed by atoms with E-state index >= 15 is 0 Å². The van der Waals surface area contributed by atoms with Crippen LogP contribution in [0.1, 0.15) is 12.0 Å². The molecule has 0 fully saturated rings. The zero-order valence-electron chi connectivity index (χ0n) is 11.7. The van der Waals surface area contributed by atoms with Crippen LogP contribution >= 0.6 is 11.6 Å². The van der Waals surface area contributed by atoms with Gasteiger partial charge in [0.25, 0.3) is 5.69 Å². The molecule has 0 saturated heterocycles. The normalized spacial score (nSPS) is 10.3. The number of pyridine rings is 1. The van der Waals surface area contributed by atoms with Crippen molar-refractivity contribution in [3.63, 3.8) is 0 Å². The zero-order chi connectivity index (χ0) is 17.0. The first-order valence-corrected chi connectivity index (χ1v) is 6.79. The van der Waals surface area contributed by atoms with Gasteiger partial charge < -0.3 is 10.5 Å². The number of aromatic nitrogens is 1. The van der Waals surface area contributed by atoms with E-state index in [9.17, 15) is 19.3 Å². The van der Waals surface area contributed by atoms with Gasteiger partial charge in [0.1, 0.15) is 6.20 Å². The first-order valence-electron chi connectivity index (χ1n) is 6.42. The van der Waals surface area contributed by atoms with Gasteiger partial charge in [0.05, 0.1) is 9.95 Å². The SMILES string of the molecule is NC(=O)CCc1ccc(Cl)c(Oc2ccc([N+](=O)[O-])cn2)c1F. The first kappa shape index (κ1) is 16.6. The molecule has 120 valence electrons. The molecule has 1 heterocycles. The van der Waals surface area contributed by atoms with E-state index in [1.807, 2.05) is 0 Å². The van der Waals surface area contributed by atoms with Crippen LogP contribution in [-0.4, -0.2) is 15.8 Å². The van der Waals surface area contributed by atoms with Gasteiger partial charge in [-0.25, -0.2) is 9.37 Å². The average molecular weight is 340 g/mol. The number of nitro groups is 1. The fourth-order valence-electron chi connectivity index (χ4n) is 1.76. The molecule has 2 rings (SSSR count). The Labute approximate surface area is 135 Å². The van der Waals surface area contributed by atoms with Crippen LogP contribution in [-0.2, 0) is 11.2 Å². The summed E-state index contributed by atoms with van der Waals surface area (Å²) in [5.41, 5.74) is 5.03. The molecule has 0 bridgehead atoms. The third kappa shape index (κ3) is 4.13. The van der Waals surface area contributed by atoms with E-state index in [1.54, 1.807) is 0 Å². The minimum absolute atomic E-state index is 0.00507. The standard InChI is InChI=1S/C14H11ClFN3O4/c15-10-4-1-8(2-5-11(17)20)13(16)14(10)23-12-6-3-9(7-18-12)19(21)22/h1,3-4,6-7H,2,5H2,(H2,17,20). The Morgan fingerprint density at radius 3 is 2.70 bits per heavy atom. The topological polar surface area (TPSA) is 108 Å². The third-order valence-electron chi connectivity index (χ3n) is 2.91. The Bertz CT molecular complexity index is 752. The maximum absolute atomic E-state index is 14.4. The van der Waals surface area contributed by atoms with E-state index in [4.69, 9.17) is 22.1 Å². The molecule has 2 aromatic rings. The van der Waals surface area contributed by atoms with Crippen molar-refractivity contribution >= 4 is 23.2 Å². The van der Waals surface area contributed by atoms with Crippen LogP contribution in [0.3, 0.4) is 0 Å². The number of nitrogens with zero attached hydrogens (tertiary/aromatic N) is 2. The van der Waals surface area contributed by atoms with Crippen LogP contribution in [0.25, 0.3) is 0 Å². The lowest BCUT2D eigenvalue weighted by Crippen LogP contribution is -2.11. The van der Waals surface area contributed by atoms with Crippen LogP contribution in [0.2, 0.25) is 5.02 Å². The van der Waals surface area contributed by atoms with Crippen LogP contribution < -0.4 is 10.5 Å². The Kier molecular flexibility index (Phi) is 5.07. The monoisotopic (exact) mass is 339 g/mol. The molecule has 0 aliphatic rings. The lowest BCUT2D eigenvalue weighted by Gasteiger charge is -2.10. The van der Waals surface area contributed by atoms with E-state index in [0.29, 0.717) is 0 Å². The van der Waals surface area contributed by atoms with Crippen molar-refractivity contribution in [3.05, 3.63) is 57.0 Å². The number of carbonyl (C=O) groups is 1. The Morgan fingerprint density at radius 1 is 1.39 bits per heavy atom. The van der Waals surface area contributed by atoms with E-state index in [-0.39, 0.29) is 40.7 Å². The molecular formula is C14H11ClFN3O4. The number of benzene rings is 1. The number of halogens is 2. The minimum Gasteiger partial charge on any atom is -0.434 e. The number of primary amides is 1. The second-order valence-corrected chi connectivity index (χ2v) is 4.94. The highest BCUT2D eigenvalue weighted by molar-refractivity contribution is 6.32. The number of hydrogen-bond acceptors (Lipinski definition) is 5. The summed E-state index contributed by atoms with van der Waals surface area (Å²) in [5, 5.41) is 10.6. The van der Waals surface area contributed by atoms with Crippen molar-refractivity contribution in [1.29, 1.82) is 0 Å². The molecule has 1 aromatic heterocycles. The summed E-state index contributed by atoms with van der Waals surface area (Å²) in [6.45, 7) is 0. The molecule has 0 aliphatic heterocycles. The van der Waals surface area contributed by atoms with Gasteiger partial charge in [-0.3, -0.25) is 14.9 Å². The molecular weight excluding hydrogens is 329 g/mol. The summed E-state index contributed by atoms with van der Waals surface area (Å²) in [6.07, 6.45) is 1.06. The fraction of sp³-hybridized carbons (Fsp3) is 0.143. The molecule has 0 aliphatic carbocycles. The molecule has 0 radical (unpaired) electrons. The second kappa shape index (κ2) is 7.01.